The summed E-state index contributed by atoms with van der Waals surface area (Å²) < 4.78 is 0. The molecule has 2 heteroatoms. The molecule has 1 rings (SSSR count). The van der Waals surface area contributed by atoms with E-state index in [1.165, 1.54) is 18.3 Å². The SMILES string of the molecule is CBc1ccc(C(O)CCCCC)cc1. The van der Waals surface area contributed by atoms with E-state index in [0.717, 1.165) is 25.7 Å². The van der Waals surface area contributed by atoms with Gasteiger partial charge in [-0.15, -0.1) is 0 Å². The van der Waals surface area contributed by atoms with Crippen LogP contribution in [0.4, 0.5) is 0 Å². The zero-order chi connectivity index (χ0) is 11.1. The van der Waals surface area contributed by atoms with Crippen LogP contribution in [0, 0.1) is 0 Å². The van der Waals surface area contributed by atoms with Crippen molar-refractivity contribution in [1.82, 2.24) is 0 Å². The third kappa shape index (κ3) is 4.09. The molecular formula is C13H21BO. The van der Waals surface area contributed by atoms with Crippen LogP contribution < -0.4 is 5.46 Å². The molecule has 1 unspecified atom stereocenters. The van der Waals surface area contributed by atoms with Gasteiger partial charge in [-0.2, -0.15) is 0 Å². The van der Waals surface area contributed by atoms with Crippen molar-refractivity contribution in [3.05, 3.63) is 29.8 Å². The number of unbranched alkanes of at least 4 members (excludes halogenated alkanes) is 2. The normalized spacial score (nSPS) is 12.5. The van der Waals surface area contributed by atoms with E-state index in [2.05, 4.69) is 38.0 Å². The fourth-order valence-electron chi connectivity index (χ4n) is 1.73. The van der Waals surface area contributed by atoms with Crippen LogP contribution in [0.3, 0.4) is 0 Å². The van der Waals surface area contributed by atoms with Crippen LogP contribution in [0.25, 0.3) is 0 Å². The Balaban J connectivity index is 2.46. The summed E-state index contributed by atoms with van der Waals surface area (Å²) in [6.07, 6.45) is 4.15. The highest BCUT2D eigenvalue weighted by Crippen LogP contribution is 2.18. The lowest BCUT2D eigenvalue weighted by atomic mass is 9.73. The molecule has 1 atom stereocenters. The van der Waals surface area contributed by atoms with Gasteiger partial charge < -0.3 is 5.11 Å². The second-order valence-corrected chi connectivity index (χ2v) is 4.11. The highest BCUT2D eigenvalue weighted by Gasteiger charge is 2.06. The van der Waals surface area contributed by atoms with Crippen LogP contribution in [-0.4, -0.2) is 12.4 Å². The Morgan fingerprint density at radius 3 is 2.40 bits per heavy atom. The summed E-state index contributed by atoms with van der Waals surface area (Å²) in [4.78, 5) is 0. The molecule has 1 aromatic rings. The molecule has 0 heterocycles. The quantitative estimate of drug-likeness (QED) is 0.557. The number of rotatable bonds is 6. The van der Waals surface area contributed by atoms with Crippen molar-refractivity contribution >= 4 is 12.7 Å². The van der Waals surface area contributed by atoms with Gasteiger partial charge in [0.25, 0.3) is 0 Å². The standard InChI is InChI=1S/C13H21BO/c1-3-4-5-6-13(15)11-7-9-12(14-2)10-8-11/h7-10,13-15H,3-6H2,1-2H3. The van der Waals surface area contributed by atoms with Crippen molar-refractivity contribution in [3.8, 4) is 0 Å². The molecule has 0 bridgehead atoms. The lowest BCUT2D eigenvalue weighted by Crippen LogP contribution is -2.10. The fourth-order valence-corrected chi connectivity index (χ4v) is 1.73. The summed E-state index contributed by atoms with van der Waals surface area (Å²) in [6.45, 7) is 4.33. The first-order chi connectivity index (χ1) is 7.27. The summed E-state index contributed by atoms with van der Waals surface area (Å²) in [7, 11) is 1.06. The molecule has 82 valence electrons. The van der Waals surface area contributed by atoms with Crippen molar-refractivity contribution in [1.29, 1.82) is 0 Å². The van der Waals surface area contributed by atoms with E-state index in [1.54, 1.807) is 0 Å². The fraction of sp³-hybridized carbons (Fsp3) is 0.538. The smallest absolute Gasteiger partial charge is 0.154 e. The summed E-state index contributed by atoms with van der Waals surface area (Å²) in [5.74, 6) is 0. The number of benzene rings is 1. The number of aliphatic hydroxyl groups excluding tert-OH is 1. The molecule has 1 N–H and O–H groups in total. The first-order valence-corrected chi connectivity index (χ1v) is 6.04. The zero-order valence-corrected chi connectivity index (χ0v) is 9.87. The molecule has 0 aromatic heterocycles. The minimum atomic E-state index is -0.276. The molecule has 0 saturated carbocycles. The predicted molar refractivity (Wildman–Crippen MR) is 68.2 cm³/mol. The molecule has 0 aliphatic carbocycles. The molecule has 1 aromatic carbocycles. The first kappa shape index (κ1) is 12.3. The van der Waals surface area contributed by atoms with Gasteiger partial charge in [0.15, 0.2) is 7.28 Å². The van der Waals surface area contributed by atoms with Gasteiger partial charge in [0.05, 0.1) is 6.10 Å². The van der Waals surface area contributed by atoms with E-state index in [-0.39, 0.29) is 6.10 Å². The Bertz CT molecular complexity index is 268. The number of aliphatic hydroxyl groups is 1. The van der Waals surface area contributed by atoms with Gasteiger partial charge in [-0.3, -0.25) is 0 Å². The Morgan fingerprint density at radius 2 is 1.87 bits per heavy atom. The van der Waals surface area contributed by atoms with Gasteiger partial charge in [-0.1, -0.05) is 62.7 Å². The monoisotopic (exact) mass is 204 g/mol. The van der Waals surface area contributed by atoms with Crippen LogP contribution in [0.5, 0.6) is 0 Å². The molecular weight excluding hydrogens is 183 g/mol. The molecule has 0 amide bonds. The van der Waals surface area contributed by atoms with E-state index >= 15 is 0 Å². The second kappa shape index (κ2) is 6.68. The third-order valence-electron chi connectivity index (χ3n) is 2.85. The molecule has 0 aliphatic heterocycles. The lowest BCUT2D eigenvalue weighted by molar-refractivity contribution is 0.163. The lowest BCUT2D eigenvalue weighted by Gasteiger charge is -2.10. The van der Waals surface area contributed by atoms with Crippen molar-refractivity contribution in [2.24, 2.45) is 0 Å². The van der Waals surface area contributed by atoms with E-state index in [1.807, 2.05) is 0 Å². The van der Waals surface area contributed by atoms with Crippen LogP contribution in [0.2, 0.25) is 6.82 Å². The number of hydrogen-bond acceptors (Lipinski definition) is 1. The van der Waals surface area contributed by atoms with E-state index < -0.39 is 0 Å². The molecule has 15 heavy (non-hydrogen) atoms. The van der Waals surface area contributed by atoms with Gasteiger partial charge in [-0.25, -0.2) is 0 Å². The Kier molecular flexibility index (Phi) is 5.48. The third-order valence-corrected chi connectivity index (χ3v) is 2.85. The highest BCUT2D eigenvalue weighted by atomic mass is 16.3. The van der Waals surface area contributed by atoms with Gasteiger partial charge in [0.2, 0.25) is 0 Å². The van der Waals surface area contributed by atoms with Crippen LogP contribution in [-0.2, 0) is 0 Å². The average molecular weight is 204 g/mol. The van der Waals surface area contributed by atoms with Crippen molar-refractivity contribution in [2.45, 2.75) is 45.5 Å². The first-order valence-electron chi connectivity index (χ1n) is 6.04. The summed E-state index contributed by atoms with van der Waals surface area (Å²) in [5, 5.41) is 9.91. The van der Waals surface area contributed by atoms with Crippen LogP contribution >= 0.6 is 0 Å². The topological polar surface area (TPSA) is 20.2 Å². The van der Waals surface area contributed by atoms with Crippen molar-refractivity contribution in [2.75, 3.05) is 0 Å². The van der Waals surface area contributed by atoms with Crippen molar-refractivity contribution in [3.63, 3.8) is 0 Å². The van der Waals surface area contributed by atoms with E-state index in [4.69, 9.17) is 0 Å². The Labute approximate surface area is 93.8 Å². The molecule has 1 nitrogen and oxygen atoms in total. The predicted octanol–water partition coefficient (Wildman–Crippen LogP) is 2.41. The van der Waals surface area contributed by atoms with E-state index in [0.29, 0.717) is 0 Å². The molecule has 0 fully saturated rings. The van der Waals surface area contributed by atoms with Gasteiger partial charge >= 0.3 is 0 Å². The highest BCUT2D eigenvalue weighted by molar-refractivity contribution is 6.51. The molecule has 0 spiro atoms. The summed E-state index contributed by atoms with van der Waals surface area (Å²) >= 11 is 0. The Morgan fingerprint density at radius 1 is 1.20 bits per heavy atom. The number of hydrogen-bond donors (Lipinski definition) is 1. The molecule has 0 aliphatic rings. The van der Waals surface area contributed by atoms with E-state index in [9.17, 15) is 5.11 Å². The summed E-state index contributed by atoms with van der Waals surface area (Å²) in [5.41, 5.74) is 2.39. The molecule has 0 radical (unpaired) electrons. The second-order valence-electron chi connectivity index (χ2n) is 4.11. The minimum Gasteiger partial charge on any atom is -0.388 e. The zero-order valence-electron chi connectivity index (χ0n) is 9.87. The summed E-state index contributed by atoms with van der Waals surface area (Å²) in [6, 6.07) is 8.32. The Hall–Kier alpha value is -0.755. The average Bonchev–Trinajstić information content (AvgIpc) is 2.29. The van der Waals surface area contributed by atoms with Gasteiger partial charge in [0, 0.05) is 0 Å². The maximum Gasteiger partial charge on any atom is 0.154 e. The van der Waals surface area contributed by atoms with Crippen LogP contribution in [0.15, 0.2) is 24.3 Å². The van der Waals surface area contributed by atoms with Gasteiger partial charge in [-0.05, 0) is 12.0 Å². The maximum absolute atomic E-state index is 9.91. The molecule has 0 saturated heterocycles. The van der Waals surface area contributed by atoms with Gasteiger partial charge in [0.1, 0.15) is 0 Å². The van der Waals surface area contributed by atoms with Crippen LogP contribution in [0.1, 0.15) is 44.3 Å². The van der Waals surface area contributed by atoms with Crippen molar-refractivity contribution < 1.29 is 5.11 Å². The largest absolute Gasteiger partial charge is 0.388 e. The maximum atomic E-state index is 9.91. The minimum absolute atomic E-state index is 0.276.